The van der Waals surface area contributed by atoms with Gasteiger partial charge in [0, 0.05) is 0 Å². The molecule has 31 heavy (non-hydrogen) atoms. The fourth-order valence-electron chi connectivity index (χ4n) is 2.77. The lowest BCUT2D eigenvalue weighted by Crippen LogP contribution is -2.38. The molecule has 15 heteroatoms. The standard InChI is InChI=1S/C10H13FN3O9P.C6H15N/c11-4-1-14(9(18)5(13-4)8(12)17)10-7(16)6(15)3(23-10)2-22-24(19,20)21;1-4-7(5-2)6-3/h1,3,6-7,10,15-16H,2H2,(H2,12,17)(H2,19,20,21);4-6H2,1-3H3/t3-,6-,7-,10-;/m1./s1. The summed E-state index contributed by atoms with van der Waals surface area (Å²) >= 11 is 0. The monoisotopic (exact) mass is 470 g/mol. The summed E-state index contributed by atoms with van der Waals surface area (Å²) < 4.78 is 33.8. The molecule has 6 N–H and O–H groups in total. The highest BCUT2D eigenvalue weighted by atomic mass is 31.2. The fourth-order valence-corrected chi connectivity index (χ4v) is 3.11. The molecule has 0 aromatic carbocycles. The number of amides is 1. The van der Waals surface area contributed by atoms with Crippen molar-refractivity contribution in [2.24, 2.45) is 5.73 Å². The topological polar surface area (TPSA) is 198 Å². The maximum Gasteiger partial charge on any atom is 0.469 e. The molecule has 0 radical (unpaired) electrons. The van der Waals surface area contributed by atoms with E-state index in [1.165, 1.54) is 19.6 Å². The number of carbonyl (C=O) groups is 1. The highest BCUT2D eigenvalue weighted by Gasteiger charge is 2.45. The first-order chi connectivity index (χ1) is 14.4. The Hall–Kier alpha value is -1.77. The molecule has 2 heterocycles. The number of phosphoric acid groups is 1. The van der Waals surface area contributed by atoms with E-state index in [2.05, 4.69) is 35.2 Å². The van der Waals surface area contributed by atoms with Crippen LogP contribution in [0.5, 0.6) is 0 Å². The van der Waals surface area contributed by atoms with Crippen LogP contribution in [0.15, 0.2) is 11.0 Å². The van der Waals surface area contributed by atoms with Gasteiger partial charge in [-0.05, 0) is 19.6 Å². The van der Waals surface area contributed by atoms with Gasteiger partial charge in [-0.25, -0.2) is 9.55 Å². The summed E-state index contributed by atoms with van der Waals surface area (Å²) in [5, 5.41) is 19.7. The number of ether oxygens (including phenoxy) is 1. The Morgan fingerprint density at radius 1 is 1.29 bits per heavy atom. The first-order valence-corrected chi connectivity index (χ1v) is 10.9. The minimum absolute atomic E-state index is 0.452. The molecular formula is C16H28FN4O9P. The van der Waals surface area contributed by atoms with Crippen LogP contribution in [-0.4, -0.2) is 84.9 Å². The van der Waals surface area contributed by atoms with Crippen LogP contribution >= 0.6 is 7.82 Å². The molecule has 2 rings (SSSR count). The Labute approximate surface area is 177 Å². The number of phosphoric ester groups is 1. The van der Waals surface area contributed by atoms with Gasteiger partial charge in [0.1, 0.15) is 18.3 Å². The molecule has 4 atom stereocenters. The fraction of sp³-hybridized carbons (Fsp3) is 0.688. The van der Waals surface area contributed by atoms with E-state index < -0.39 is 62.1 Å². The Morgan fingerprint density at radius 3 is 2.26 bits per heavy atom. The molecule has 1 fully saturated rings. The second-order valence-corrected chi connectivity index (χ2v) is 7.68. The van der Waals surface area contributed by atoms with Gasteiger partial charge in [-0.15, -0.1) is 0 Å². The number of aromatic nitrogens is 2. The van der Waals surface area contributed by atoms with Crippen molar-refractivity contribution in [2.45, 2.75) is 45.3 Å². The normalized spacial score (nSPS) is 23.5. The van der Waals surface area contributed by atoms with Gasteiger partial charge in [-0.1, -0.05) is 20.8 Å². The summed E-state index contributed by atoms with van der Waals surface area (Å²) in [5.41, 5.74) is 2.76. The first-order valence-electron chi connectivity index (χ1n) is 9.38. The largest absolute Gasteiger partial charge is 0.469 e. The number of carbonyl (C=O) groups excluding carboxylic acids is 1. The predicted octanol–water partition coefficient (Wildman–Crippen LogP) is -1.44. The van der Waals surface area contributed by atoms with Crippen LogP contribution < -0.4 is 11.3 Å². The predicted molar refractivity (Wildman–Crippen MR) is 104 cm³/mol. The number of nitrogens with zero attached hydrogens (tertiary/aromatic N) is 3. The maximum absolute atomic E-state index is 13.4. The van der Waals surface area contributed by atoms with E-state index in [9.17, 15) is 28.8 Å². The van der Waals surface area contributed by atoms with E-state index in [1.54, 1.807) is 0 Å². The average Bonchev–Trinajstić information content (AvgIpc) is 2.97. The minimum atomic E-state index is -4.87. The van der Waals surface area contributed by atoms with Crippen LogP contribution in [0.25, 0.3) is 0 Å². The maximum atomic E-state index is 13.4. The van der Waals surface area contributed by atoms with Crippen LogP contribution in [0.4, 0.5) is 4.39 Å². The van der Waals surface area contributed by atoms with E-state index in [0.717, 1.165) is 0 Å². The van der Waals surface area contributed by atoms with Crippen molar-refractivity contribution in [2.75, 3.05) is 26.2 Å². The number of aliphatic hydroxyl groups is 2. The number of hydrogen-bond donors (Lipinski definition) is 5. The Kier molecular flexibility index (Phi) is 10.3. The van der Waals surface area contributed by atoms with Crippen molar-refractivity contribution >= 4 is 13.7 Å². The third-order valence-corrected chi connectivity index (χ3v) is 4.98. The Balaban J connectivity index is 0.000000592. The summed E-state index contributed by atoms with van der Waals surface area (Å²) in [6.07, 6.45) is -6.06. The average molecular weight is 470 g/mol. The summed E-state index contributed by atoms with van der Waals surface area (Å²) in [6.45, 7) is 9.31. The highest BCUT2D eigenvalue weighted by molar-refractivity contribution is 7.46. The zero-order valence-electron chi connectivity index (χ0n) is 17.3. The second-order valence-electron chi connectivity index (χ2n) is 6.44. The Bertz CT molecular complexity index is 839. The smallest absolute Gasteiger partial charge is 0.387 e. The number of primary amides is 1. The van der Waals surface area contributed by atoms with Gasteiger partial charge in [0.2, 0.25) is 5.95 Å². The van der Waals surface area contributed by atoms with Gasteiger partial charge in [0.15, 0.2) is 11.9 Å². The molecule has 0 unspecified atom stereocenters. The van der Waals surface area contributed by atoms with Crippen molar-refractivity contribution in [3.05, 3.63) is 28.2 Å². The van der Waals surface area contributed by atoms with Crippen LogP contribution in [0.2, 0.25) is 0 Å². The molecule has 1 aliphatic rings. The molecule has 1 aliphatic heterocycles. The summed E-state index contributed by atoms with van der Waals surface area (Å²) in [5.74, 6) is -2.59. The van der Waals surface area contributed by atoms with Crippen LogP contribution in [0, 0.1) is 5.95 Å². The van der Waals surface area contributed by atoms with Gasteiger partial charge in [-0.2, -0.15) is 4.39 Å². The number of halogens is 1. The molecule has 0 bridgehead atoms. The van der Waals surface area contributed by atoms with E-state index >= 15 is 0 Å². The van der Waals surface area contributed by atoms with Crippen LogP contribution in [0.1, 0.15) is 37.5 Å². The number of nitrogens with two attached hydrogens (primary N) is 1. The molecular weight excluding hydrogens is 442 g/mol. The van der Waals surface area contributed by atoms with Crippen LogP contribution in [0.3, 0.4) is 0 Å². The van der Waals surface area contributed by atoms with Crippen molar-refractivity contribution in [1.29, 1.82) is 0 Å². The molecule has 13 nitrogen and oxygen atoms in total. The van der Waals surface area contributed by atoms with Gasteiger partial charge in [0.05, 0.1) is 12.8 Å². The quantitative estimate of drug-likeness (QED) is 0.279. The lowest BCUT2D eigenvalue weighted by atomic mass is 10.1. The van der Waals surface area contributed by atoms with E-state index in [-0.39, 0.29) is 0 Å². The van der Waals surface area contributed by atoms with E-state index in [4.69, 9.17) is 20.3 Å². The third-order valence-electron chi connectivity index (χ3n) is 4.49. The van der Waals surface area contributed by atoms with Gasteiger partial charge < -0.3 is 35.4 Å². The van der Waals surface area contributed by atoms with Crippen molar-refractivity contribution in [3.63, 3.8) is 0 Å². The van der Waals surface area contributed by atoms with Gasteiger partial charge >= 0.3 is 7.82 Å². The van der Waals surface area contributed by atoms with Crippen molar-refractivity contribution in [3.8, 4) is 0 Å². The van der Waals surface area contributed by atoms with Gasteiger partial charge in [-0.3, -0.25) is 18.7 Å². The lowest BCUT2D eigenvalue weighted by molar-refractivity contribution is -0.0542. The summed E-state index contributed by atoms with van der Waals surface area (Å²) in [4.78, 5) is 45.8. The van der Waals surface area contributed by atoms with Crippen molar-refractivity contribution in [1.82, 2.24) is 14.5 Å². The molecule has 178 valence electrons. The summed E-state index contributed by atoms with van der Waals surface area (Å²) in [7, 11) is -4.87. The lowest BCUT2D eigenvalue weighted by Gasteiger charge is -2.18. The second kappa shape index (κ2) is 11.7. The zero-order valence-corrected chi connectivity index (χ0v) is 18.2. The molecule has 1 saturated heterocycles. The van der Waals surface area contributed by atoms with E-state index in [0.29, 0.717) is 10.8 Å². The minimum Gasteiger partial charge on any atom is -0.387 e. The SMILES string of the molecule is CCN(CC)CC.NC(=O)c1nc(F)cn([C@@H]2O[C@H](COP(=O)(O)O)[C@@H](O)[C@H]2O)c1=O. The third kappa shape index (κ3) is 7.70. The molecule has 0 aliphatic carbocycles. The molecule has 1 aromatic heterocycles. The molecule has 0 saturated carbocycles. The first kappa shape index (κ1) is 27.3. The van der Waals surface area contributed by atoms with E-state index in [1.807, 2.05) is 0 Å². The molecule has 1 aromatic rings. The highest BCUT2D eigenvalue weighted by Crippen LogP contribution is 2.38. The molecule has 1 amide bonds. The van der Waals surface area contributed by atoms with Gasteiger partial charge in [0.25, 0.3) is 11.5 Å². The van der Waals surface area contributed by atoms with Crippen molar-refractivity contribution < 1.29 is 43.0 Å². The number of hydrogen-bond acceptors (Lipinski definition) is 9. The number of aliphatic hydroxyl groups excluding tert-OH is 2. The summed E-state index contributed by atoms with van der Waals surface area (Å²) in [6, 6.07) is 0. The molecule has 0 spiro atoms. The van der Waals surface area contributed by atoms with Crippen LogP contribution in [-0.2, 0) is 13.8 Å². The number of rotatable bonds is 8. The Morgan fingerprint density at radius 2 is 1.84 bits per heavy atom. The zero-order chi connectivity index (χ0) is 23.9.